The molecule has 3 rings (SSSR count). The van der Waals surface area contributed by atoms with Gasteiger partial charge in [-0.3, -0.25) is 14.4 Å². The van der Waals surface area contributed by atoms with Crippen molar-refractivity contribution in [1.29, 1.82) is 0 Å². The molecule has 1 aliphatic rings. The molecule has 30 heavy (non-hydrogen) atoms. The number of benzene rings is 2. The Morgan fingerprint density at radius 1 is 1.13 bits per heavy atom. The maximum atomic E-state index is 13.1. The van der Waals surface area contributed by atoms with Crippen LogP contribution in [0.1, 0.15) is 48.1 Å². The Bertz CT molecular complexity index is 945. The number of hydrogen-bond donors (Lipinski definition) is 3. The zero-order valence-corrected chi connectivity index (χ0v) is 17.3. The third-order valence-electron chi connectivity index (χ3n) is 4.82. The standard InChI is InChI=1S/C22H23ClFN3O3/c1-13(14-4-7-17(8-5-14)27-21(29)15-2-3-15)26-20(28)10-11-25-22(30)18-9-6-16(24)12-19(18)23/h4-9,12-13,15H,2-3,10-11H2,1H3,(H,25,30)(H,26,28)(H,27,29). The van der Waals surface area contributed by atoms with Crippen molar-refractivity contribution in [2.75, 3.05) is 11.9 Å². The van der Waals surface area contributed by atoms with Gasteiger partial charge in [0.1, 0.15) is 5.82 Å². The van der Waals surface area contributed by atoms with Crippen LogP contribution in [0, 0.1) is 11.7 Å². The van der Waals surface area contributed by atoms with Crippen LogP contribution in [0.25, 0.3) is 0 Å². The molecule has 0 spiro atoms. The fourth-order valence-corrected chi connectivity index (χ4v) is 3.15. The van der Waals surface area contributed by atoms with Crippen molar-refractivity contribution < 1.29 is 18.8 Å². The zero-order chi connectivity index (χ0) is 21.7. The molecule has 1 aliphatic carbocycles. The number of halogens is 2. The van der Waals surface area contributed by atoms with Gasteiger partial charge in [-0.15, -0.1) is 0 Å². The molecule has 0 aromatic heterocycles. The number of hydrogen-bond acceptors (Lipinski definition) is 3. The summed E-state index contributed by atoms with van der Waals surface area (Å²) in [6.07, 6.45) is 1.99. The zero-order valence-electron chi connectivity index (χ0n) is 16.5. The molecular formula is C22H23ClFN3O3. The molecule has 0 aliphatic heterocycles. The predicted octanol–water partition coefficient (Wildman–Crippen LogP) is 3.82. The summed E-state index contributed by atoms with van der Waals surface area (Å²) in [5.41, 5.74) is 1.78. The van der Waals surface area contributed by atoms with Gasteiger partial charge in [-0.05, 0) is 55.7 Å². The Labute approximate surface area is 179 Å². The highest BCUT2D eigenvalue weighted by Crippen LogP contribution is 2.30. The summed E-state index contributed by atoms with van der Waals surface area (Å²) in [5.74, 6) is -1.03. The summed E-state index contributed by atoms with van der Waals surface area (Å²) in [6, 6.07) is 10.6. The van der Waals surface area contributed by atoms with Gasteiger partial charge in [-0.2, -0.15) is 0 Å². The molecule has 3 amide bonds. The van der Waals surface area contributed by atoms with Gasteiger partial charge in [0.25, 0.3) is 5.91 Å². The van der Waals surface area contributed by atoms with Gasteiger partial charge >= 0.3 is 0 Å². The Hall–Kier alpha value is -2.93. The van der Waals surface area contributed by atoms with E-state index in [4.69, 9.17) is 11.6 Å². The van der Waals surface area contributed by atoms with E-state index in [9.17, 15) is 18.8 Å². The molecule has 0 radical (unpaired) electrons. The molecule has 3 N–H and O–H groups in total. The lowest BCUT2D eigenvalue weighted by atomic mass is 10.1. The average Bonchev–Trinajstić information content (AvgIpc) is 3.53. The molecule has 1 unspecified atom stereocenters. The molecule has 0 saturated heterocycles. The first kappa shape index (κ1) is 21.8. The third-order valence-corrected chi connectivity index (χ3v) is 5.13. The topological polar surface area (TPSA) is 87.3 Å². The highest BCUT2D eigenvalue weighted by molar-refractivity contribution is 6.33. The molecule has 0 bridgehead atoms. The smallest absolute Gasteiger partial charge is 0.252 e. The maximum absolute atomic E-state index is 13.1. The minimum absolute atomic E-state index is 0.0161. The van der Waals surface area contributed by atoms with Crippen molar-refractivity contribution in [1.82, 2.24) is 10.6 Å². The number of rotatable bonds is 8. The first-order valence-electron chi connectivity index (χ1n) is 9.77. The van der Waals surface area contributed by atoms with E-state index in [1.807, 2.05) is 31.2 Å². The summed E-state index contributed by atoms with van der Waals surface area (Å²) in [6.45, 7) is 1.98. The van der Waals surface area contributed by atoms with E-state index in [-0.39, 0.29) is 47.3 Å². The summed E-state index contributed by atoms with van der Waals surface area (Å²) >= 11 is 5.86. The van der Waals surface area contributed by atoms with Crippen molar-refractivity contribution in [3.05, 3.63) is 64.4 Å². The van der Waals surface area contributed by atoms with Crippen LogP contribution >= 0.6 is 11.6 Å². The highest BCUT2D eigenvalue weighted by Gasteiger charge is 2.29. The number of carbonyl (C=O) groups is 3. The molecule has 2 aromatic rings. The lowest BCUT2D eigenvalue weighted by Crippen LogP contribution is -2.32. The number of nitrogens with one attached hydrogen (secondary N) is 3. The fraction of sp³-hybridized carbons (Fsp3) is 0.318. The second kappa shape index (κ2) is 9.71. The van der Waals surface area contributed by atoms with Gasteiger partial charge in [-0.25, -0.2) is 4.39 Å². The van der Waals surface area contributed by atoms with Crippen LogP contribution in [-0.2, 0) is 9.59 Å². The van der Waals surface area contributed by atoms with E-state index in [0.717, 1.165) is 36.2 Å². The largest absolute Gasteiger partial charge is 0.351 e. The SMILES string of the molecule is CC(NC(=O)CCNC(=O)c1ccc(F)cc1Cl)c1ccc(NC(=O)C2CC2)cc1. The van der Waals surface area contributed by atoms with E-state index in [1.165, 1.54) is 6.07 Å². The second-order valence-electron chi connectivity index (χ2n) is 7.30. The molecule has 1 fully saturated rings. The lowest BCUT2D eigenvalue weighted by molar-refractivity contribution is -0.121. The first-order chi connectivity index (χ1) is 14.3. The summed E-state index contributed by atoms with van der Waals surface area (Å²) < 4.78 is 13.1. The second-order valence-corrected chi connectivity index (χ2v) is 7.71. The average molecular weight is 432 g/mol. The van der Waals surface area contributed by atoms with E-state index in [1.54, 1.807) is 0 Å². The van der Waals surface area contributed by atoms with Crippen LogP contribution in [0.15, 0.2) is 42.5 Å². The molecule has 2 aromatic carbocycles. The van der Waals surface area contributed by atoms with E-state index in [0.29, 0.717) is 0 Å². The molecule has 6 nitrogen and oxygen atoms in total. The van der Waals surface area contributed by atoms with E-state index in [2.05, 4.69) is 16.0 Å². The van der Waals surface area contributed by atoms with Crippen LogP contribution in [0.2, 0.25) is 5.02 Å². The molecule has 1 saturated carbocycles. The molecule has 158 valence electrons. The third kappa shape index (κ3) is 6.03. The lowest BCUT2D eigenvalue weighted by Gasteiger charge is -2.15. The number of amides is 3. The normalized spacial score (nSPS) is 14.0. The van der Waals surface area contributed by atoms with Crippen molar-refractivity contribution in [3.8, 4) is 0 Å². The minimum atomic E-state index is -0.525. The summed E-state index contributed by atoms with van der Waals surface area (Å²) in [5, 5.41) is 8.35. The Kier molecular flexibility index (Phi) is 7.05. The number of carbonyl (C=O) groups excluding carboxylic acids is 3. The van der Waals surface area contributed by atoms with Gasteiger partial charge in [-0.1, -0.05) is 23.7 Å². The molecule has 0 heterocycles. The first-order valence-corrected chi connectivity index (χ1v) is 10.1. The van der Waals surface area contributed by atoms with Crippen LogP contribution in [0.3, 0.4) is 0 Å². The van der Waals surface area contributed by atoms with Gasteiger partial charge in [0.2, 0.25) is 11.8 Å². The van der Waals surface area contributed by atoms with Gasteiger partial charge in [0.15, 0.2) is 0 Å². The van der Waals surface area contributed by atoms with Crippen molar-refractivity contribution in [2.24, 2.45) is 5.92 Å². The fourth-order valence-electron chi connectivity index (χ4n) is 2.90. The summed E-state index contributed by atoms with van der Waals surface area (Å²) in [4.78, 5) is 36.0. The Balaban J connectivity index is 1.42. The highest BCUT2D eigenvalue weighted by atomic mass is 35.5. The Morgan fingerprint density at radius 3 is 2.47 bits per heavy atom. The van der Waals surface area contributed by atoms with Crippen LogP contribution in [0.5, 0.6) is 0 Å². The van der Waals surface area contributed by atoms with Crippen molar-refractivity contribution in [3.63, 3.8) is 0 Å². The van der Waals surface area contributed by atoms with Gasteiger partial charge in [0.05, 0.1) is 16.6 Å². The monoisotopic (exact) mass is 431 g/mol. The van der Waals surface area contributed by atoms with Gasteiger partial charge in [0, 0.05) is 24.6 Å². The van der Waals surface area contributed by atoms with E-state index >= 15 is 0 Å². The quantitative estimate of drug-likeness (QED) is 0.593. The van der Waals surface area contributed by atoms with Crippen LogP contribution in [-0.4, -0.2) is 24.3 Å². The predicted molar refractivity (Wildman–Crippen MR) is 113 cm³/mol. The molecular weight excluding hydrogens is 409 g/mol. The molecule has 1 atom stereocenters. The van der Waals surface area contributed by atoms with Gasteiger partial charge < -0.3 is 16.0 Å². The van der Waals surface area contributed by atoms with E-state index < -0.39 is 11.7 Å². The maximum Gasteiger partial charge on any atom is 0.252 e. The van der Waals surface area contributed by atoms with Crippen molar-refractivity contribution in [2.45, 2.75) is 32.2 Å². The number of anilines is 1. The summed E-state index contributed by atoms with van der Waals surface area (Å²) in [7, 11) is 0. The Morgan fingerprint density at radius 2 is 1.83 bits per heavy atom. The molecule has 8 heteroatoms. The van der Waals surface area contributed by atoms with Crippen LogP contribution < -0.4 is 16.0 Å². The van der Waals surface area contributed by atoms with Crippen molar-refractivity contribution >= 4 is 35.0 Å². The van der Waals surface area contributed by atoms with Crippen LogP contribution in [0.4, 0.5) is 10.1 Å². The minimum Gasteiger partial charge on any atom is -0.351 e.